The second-order valence-electron chi connectivity index (χ2n) is 6.02. The molecule has 1 aromatic rings. The van der Waals surface area contributed by atoms with Crippen molar-refractivity contribution in [2.45, 2.75) is 32.7 Å². The lowest BCUT2D eigenvalue weighted by atomic mass is 9.95. The number of hydrogen-bond donors (Lipinski definition) is 1. The quantitative estimate of drug-likeness (QED) is 0.926. The van der Waals surface area contributed by atoms with Gasteiger partial charge in [-0.1, -0.05) is 36.8 Å². The van der Waals surface area contributed by atoms with Crippen LogP contribution in [0, 0.1) is 12.8 Å². The largest absolute Gasteiger partial charge is 0.453 e. The summed E-state index contributed by atoms with van der Waals surface area (Å²) in [5.74, 6) is 0.800. The molecule has 1 saturated heterocycles. The number of piperidine rings is 1. The van der Waals surface area contributed by atoms with E-state index < -0.39 is 0 Å². The smallest absolute Gasteiger partial charge is 0.406 e. The Balaban J connectivity index is 2.09. The Labute approximate surface area is 127 Å². The number of ether oxygens (including phenoxy) is 1. The third kappa shape index (κ3) is 4.46. The molecule has 0 spiro atoms. The Morgan fingerprint density at radius 3 is 2.52 bits per heavy atom. The number of carbonyl (C=O) groups is 1. The molecule has 0 aliphatic carbocycles. The Hall–Kier alpha value is -1.55. The maximum absolute atomic E-state index is 11.4. The fourth-order valence-corrected chi connectivity index (χ4v) is 2.84. The van der Waals surface area contributed by atoms with Crippen LogP contribution in [-0.2, 0) is 4.74 Å². The highest BCUT2D eigenvalue weighted by Crippen LogP contribution is 2.26. The van der Waals surface area contributed by atoms with Crippen molar-refractivity contribution in [2.75, 3.05) is 26.7 Å². The first-order valence-electron chi connectivity index (χ1n) is 7.72. The number of benzene rings is 1. The van der Waals surface area contributed by atoms with Crippen LogP contribution in [0.15, 0.2) is 24.3 Å². The van der Waals surface area contributed by atoms with Gasteiger partial charge in [-0.05, 0) is 44.3 Å². The number of nitrogens with one attached hydrogen (secondary N) is 1. The van der Waals surface area contributed by atoms with E-state index in [4.69, 9.17) is 4.74 Å². The van der Waals surface area contributed by atoms with Crippen LogP contribution in [0.4, 0.5) is 4.79 Å². The summed E-state index contributed by atoms with van der Waals surface area (Å²) in [6.45, 7) is 7.16. The van der Waals surface area contributed by atoms with E-state index in [1.807, 2.05) is 0 Å². The van der Waals surface area contributed by atoms with E-state index in [1.54, 1.807) is 0 Å². The number of aryl methyl sites for hydroxylation is 1. The van der Waals surface area contributed by atoms with E-state index >= 15 is 0 Å². The zero-order valence-electron chi connectivity index (χ0n) is 13.3. The lowest BCUT2D eigenvalue weighted by Crippen LogP contribution is -2.41. The number of rotatable bonds is 4. The molecule has 1 atom stereocenters. The molecular weight excluding hydrogens is 264 g/mol. The normalized spacial score (nSPS) is 18.2. The summed E-state index contributed by atoms with van der Waals surface area (Å²) < 4.78 is 4.69. The summed E-state index contributed by atoms with van der Waals surface area (Å²) in [6, 6.07) is 8.81. The SMILES string of the molecule is COC(=O)NCC(c1ccc(C)cc1)N1CCC(C)CC1. The molecule has 1 fully saturated rings. The third-order valence-electron chi connectivity index (χ3n) is 4.35. The highest BCUT2D eigenvalue weighted by molar-refractivity contribution is 5.66. The number of methoxy groups -OCH3 is 1. The minimum atomic E-state index is -0.363. The van der Waals surface area contributed by atoms with Crippen LogP contribution < -0.4 is 5.32 Å². The van der Waals surface area contributed by atoms with Gasteiger partial charge in [0.1, 0.15) is 0 Å². The molecule has 2 rings (SSSR count). The van der Waals surface area contributed by atoms with E-state index in [9.17, 15) is 4.79 Å². The van der Waals surface area contributed by atoms with Crippen molar-refractivity contribution in [3.63, 3.8) is 0 Å². The first-order chi connectivity index (χ1) is 10.1. The fraction of sp³-hybridized carbons (Fsp3) is 0.588. The first kappa shape index (κ1) is 15.8. The average molecular weight is 290 g/mol. The minimum Gasteiger partial charge on any atom is -0.453 e. The van der Waals surface area contributed by atoms with Crippen molar-refractivity contribution in [2.24, 2.45) is 5.92 Å². The molecule has 116 valence electrons. The summed E-state index contributed by atoms with van der Waals surface area (Å²) >= 11 is 0. The molecule has 1 unspecified atom stereocenters. The lowest BCUT2D eigenvalue weighted by molar-refractivity contribution is 0.128. The number of amides is 1. The molecule has 1 aromatic carbocycles. The molecule has 0 saturated carbocycles. The van der Waals surface area contributed by atoms with E-state index in [0.717, 1.165) is 19.0 Å². The molecule has 1 aliphatic heterocycles. The number of nitrogens with zero attached hydrogens (tertiary/aromatic N) is 1. The van der Waals surface area contributed by atoms with Gasteiger partial charge in [0.15, 0.2) is 0 Å². The predicted molar refractivity (Wildman–Crippen MR) is 84.3 cm³/mol. The van der Waals surface area contributed by atoms with Crippen molar-refractivity contribution in [1.29, 1.82) is 0 Å². The van der Waals surface area contributed by atoms with Crippen molar-refractivity contribution in [1.82, 2.24) is 10.2 Å². The molecule has 4 nitrogen and oxygen atoms in total. The van der Waals surface area contributed by atoms with Gasteiger partial charge in [0.25, 0.3) is 0 Å². The Bertz CT molecular complexity index is 450. The maximum atomic E-state index is 11.4. The van der Waals surface area contributed by atoms with Crippen molar-refractivity contribution in [3.05, 3.63) is 35.4 Å². The number of carbonyl (C=O) groups excluding carboxylic acids is 1. The monoisotopic (exact) mass is 290 g/mol. The minimum absolute atomic E-state index is 0.220. The average Bonchev–Trinajstić information content (AvgIpc) is 2.50. The van der Waals surface area contributed by atoms with Gasteiger partial charge in [-0.2, -0.15) is 0 Å². The molecule has 0 bridgehead atoms. The Morgan fingerprint density at radius 2 is 1.95 bits per heavy atom. The number of likely N-dealkylation sites (tertiary alicyclic amines) is 1. The second-order valence-corrected chi connectivity index (χ2v) is 6.02. The van der Waals surface area contributed by atoms with Gasteiger partial charge >= 0.3 is 6.09 Å². The molecule has 1 N–H and O–H groups in total. The van der Waals surface area contributed by atoms with Gasteiger partial charge in [-0.3, -0.25) is 4.90 Å². The van der Waals surface area contributed by atoms with Crippen molar-refractivity contribution >= 4 is 6.09 Å². The molecule has 1 aliphatic rings. The van der Waals surface area contributed by atoms with Crippen molar-refractivity contribution in [3.8, 4) is 0 Å². The number of hydrogen-bond acceptors (Lipinski definition) is 3. The van der Waals surface area contributed by atoms with E-state index in [2.05, 4.69) is 48.3 Å². The maximum Gasteiger partial charge on any atom is 0.406 e. The van der Waals surface area contributed by atoms with Gasteiger partial charge in [-0.25, -0.2) is 4.79 Å². The zero-order chi connectivity index (χ0) is 15.2. The van der Waals surface area contributed by atoms with Crippen LogP contribution in [0.5, 0.6) is 0 Å². The highest BCUT2D eigenvalue weighted by Gasteiger charge is 2.25. The Morgan fingerprint density at radius 1 is 1.33 bits per heavy atom. The summed E-state index contributed by atoms with van der Waals surface area (Å²) in [5, 5.41) is 2.85. The van der Waals surface area contributed by atoms with E-state index in [-0.39, 0.29) is 12.1 Å². The molecule has 1 heterocycles. The van der Waals surface area contributed by atoms with Gasteiger partial charge in [-0.15, -0.1) is 0 Å². The molecule has 0 radical (unpaired) electrons. The van der Waals surface area contributed by atoms with Gasteiger partial charge < -0.3 is 10.1 Å². The molecule has 21 heavy (non-hydrogen) atoms. The molecule has 4 heteroatoms. The van der Waals surface area contributed by atoms with Crippen LogP contribution in [0.2, 0.25) is 0 Å². The standard InChI is InChI=1S/C17H26N2O2/c1-13-4-6-15(7-5-13)16(12-18-17(20)21-3)19-10-8-14(2)9-11-19/h4-7,14,16H,8-12H2,1-3H3,(H,18,20). The van der Waals surface area contributed by atoms with Crippen LogP contribution in [0.25, 0.3) is 0 Å². The van der Waals surface area contributed by atoms with Crippen LogP contribution in [0.1, 0.15) is 36.9 Å². The predicted octanol–water partition coefficient (Wildman–Crippen LogP) is 3.12. The van der Waals surface area contributed by atoms with Gasteiger partial charge in [0.05, 0.1) is 13.2 Å². The topological polar surface area (TPSA) is 41.6 Å². The van der Waals surface area contributed by atoms with Gasteiger partial charge in [0, 0.05) is 6.54 Å². The number of alkyl carbamates (subject to hydrolysis) is 1. The van der Waals surface area contributed by atoms with E-state index in [0.29, 0.717) is 6.54 Å². The van der Waals surface area contributed by atoms with Crippen molar-refractivity contribution < 1.29 is 9.53 Å². The highest BCUT2D eigenvalue weighted by atomic mass is 16.5. The summed E-state index contributed by atoms with van der Waals surface area (Å²) in [4.78, 5) is 13.9. The summed E-state index contributed by atoms with van der Waals surface area (Å²) in [5.41, 5.74) is 2.51. The molecule has 1 amide bonds. The molecular formula is C17H26N2O2. The third-order valence-corrected chi connectivity index (χ3v) is 4.35. The lowest BCUT2D eigenvalue weighted by Gasteiger charge is -2.37. The second kappa shape index (κ2) is 7.46. The molecule has 0 aromatic heterocycles. The summed E-state index contributed by atoms with van der Waals surface area (Å²) in [7, 11) is 1.40. The van der Waals surface area contributed by atoms with Crippen LogP contribution >= 0.6 is 0 Å². The van der Waals surface area contributed by atoms with Crippen LogP contribution in [0.3, 0.4) is 0 Å². The van der Waals surface area contributed by atoms with E-state index in [1.165, 1.54) is 31.1 Å². The fourth-order valence-electron chi connectivity index (χ4n) is 2.84. The van der Waals surface area contributed by atoms with Crippen LogP contribution in [-0.4, -0.2) is 37.7 Å². The Kier molecular flexibility index (Phi) is 5.62. The first-order valence-corrected chi connectivity index (χ1v) is 7.72. The summed E-state index contributed by atoms with van der Waals surface area (Å²) in [6.07, 6.45) is 2.08. The van der Waals surface area contributed by atoms with Gasteiger partial charge in [0.2, 0.25) is 0 Å². The zero-order valence-corrected chi connectivity index (χ0v) is 13.3.